The van der Waals surface area contributed by atoms with Gasteiger partial charge in [0.2, 0.25) is 5.82 Å². The Bertz CT molecular complexity index is 1130. The topological polar surface area (TPSA) is 109 Å². The van der Waals surface area contributed by atoms with Gasteiger partial charge in [0, 0.05) is 5.56 Å². The minimum absolute atomic E-state index is 0.0981. The van der Waals surface area contributed by atoms with Crippen LogP contribution in [0.2, 0.25) is 0 Å². The zero-order valence-electron chi connectivity index (χ0n) is 14.6. The molecule has 0 atom stereocenters. The number of esters is 1. The van der Waals surface area contributed by atoms with Crippen LogP contribution in [-0.4, -0.2) is 36.3 Å². The number of hydrogen-bond acceptors (Lipinski definition) is 8. The Kier molecular flexibility index (Phi) is 4.58. The summed E-state index contributed by atoms with van der Waals surface area (Å²) in [5, 5.41) is 14.7. The monoisotopic (exact) mass is 380 g/mol. The van der Waals surface area contributed by atoms with Crippen molar-refractivity contribution >= 4 is 5.97 Å². The molecule has 0 bridgehead atoms. The Balaban J connectivity index is 1.44. The van der Waals surface area contributed by atoms with Crippen LogP contribution >= 0.6 is 0 Å². The molecule has 2 heterocycles. The Morgan fingerprint density at radius 2 is 2.14 bits per heavy atom. The van der Waals surface area contributed by atoms with Crippen LogP contribution in [0.1, 0.15) is 21.8 Å². The third-order valence-electron chi connectivity index (χ3n) is 3.92. The number of aryl methyl sites for hydroxylation is 1. The van der Waals surface area contributed by atoms with E-state index < -0.39 is 5.97 Å². The SMILES string of the molecule is Cc1ccc(-c2noc(COC(=O)c3cccc(-n4cnnn4)c3)n2)cc1F. The molecule has 4 aromatic rings. The molecule has 2 aromatic carbocycles. The molecule has 28 heavy (non-hydrogen) atoms. The van der Waals surface area contributed by atoms with E-state index in [1.165, 1.54) is 17.1 Å². The molecule has 10 heteroatoms. The van der Waals surface area contributed by atoms with Crippen molar-refractivity contribution in [1.82, 2.24) is 30.3 Å². The van der Waals surface area contributed by atoms with Gasteiger partial charge in [-0.25, -0.2) is 13.9 Å². The summed E-state index contributed by atoms with van der Waals surface area (Å²) in [6, 6.07) is 11.3. The fraction of sp³-hybridized carbons (Fsp3) is 0.111. The minimum Gasteiger partial charge on any atom is -0.452 e. The molecular weight excluding hydrogens is 367 g/mol. The van der Waals surface area contributed by atoms with Crippen LogP contribution in [0.3, 0.4) is 0 Å². The number of aromatic nitrogens is 6. The largest absolute Gasteiger partial charge is 0.452 e. The summed E-state index contributed by atoms with van der Waals surface area (Å²) in [5.41, 5.74) is 1.91. The lowest BCUT2D eigenvalue weighted by Gasteiger charge is -2.04. The average Bonchev–Trinajstić information content (AvgIpc) is 3.40. The summed E-state index contributed by atoms with van der Waals surface area (Å²) in [7, 11) is 0. The molecule has 0 N–H and O–H groups in total. The Labute approximate surface area is 157 Å². The van der Waals surface area contributed by atoms with Crippen molar-refractivity contribution in [2.24, 2.45) is 0 Å². The first-order valence-corrected chi connectivity index (χ1v) is 8.20. The number of halogens is 1. The molecule has 0 saturated heterocycles. The fourth-order valence-electron chi connectivity index (χ4n) is 2.43. The zero-order valence-corrected chi connectivity index (χ0v) is 14.6. The summed E-state index contributed by atoms with van der Waals surface area (Å²) in [6.07, 6.45) is 1.42. The Morgan fingerprint density at radius 1 is 1.25 bits per heavy atom. The maximum Gasteiger partial charge on any atom is 0.338 e. The van der Waals surface area contributed by atoms with Crippen LogP contribution in [-0.2, 0) is 11.3 Å². The van der Waals surface area contributed by atoms with Crippen LogP contribution < -0.4 is 0 Å². The van der Waals surface area contributed by atoms with Crippen molar-refractivity contribution in [3.8, 4) is 17.1 Å². The summed E-state index contributed by atoms with van der Waals surface area (Å²) in [5.74, 6) is -0.625. The second kappa shape index (κ2) is 7.35. The molecule has 4 rings (SSSR count). The van der Waals surface area contributed by atoms with E-state index in [1.54, 1.807) is 43.3 Å². The van der Waals surface area contributed by atoms with Gasteiger partial charge in [-0.05, 0) is 47.2 Å². The van der Waals surface area contributed by atoms with Gasteiger partial charge in [-0.2, -0.15) is 4.98 Å². The first kappa shape index (κ1) is 17.5. The summed E-state index contributed by atoms with van der Waals surface area (Å²) < 4.78 is 25.4. The van der Waals surface area contributed by atoms with Gasteiger partial charge in [-0.15, -0.1) is 5.10 Å². The molecule has 0 saturated carbocycles. The standard InChI is InChI=1S/C18H13FN6O3/c1-11-5-6-12(8-15(11)19)17-21-16(28-22-17)9-27-18(26)13-3-2-4-14(7-13)25-10-20-23-24-25/h2-8,10H,9H2,1H3. The molecule has 0 amide bonds. The van der Waals surface area contributed by atoms with Gasteiger partial charge in [-0.1, -0.05) is 23.4 Å². The number of benzene rings is 2. The zero-order chi connectivity index (χ0) is 19.5. The van der Waals surface area contributed by atoms with Gasteiger partial charge >= 0.3 is 5.97 Å². The minimum atomic E-state index is -0.573. The highest BCUT2D eigenvalue weighted by atomic mass is 19.1. The Morgan fingerprint density at radius 3 is 2.93 bits per heavy atom. The number of tetrazole rings is 1. The number of carbonyl (C=O) groups is 1. The normalized spacial score (nSPS) is 10.8. The predicted molar refractivity (Wildman–Crippen MR) is 92.7 cm³/mol. The van der Waals surface area contributed by atoms with E-state index in [0.29, 0.717) is 22.4 Å². The highest BCUT2D eigenvalue weighted by molar-refractivity contribution is 5.90. The van der Waals surface area contributed by atoms with Crippen LogP contribution in [0.15, 0.2) is 53.3 Å². The van der Waals surface area contributed by atoms with Gasteiger partial charge in [0.25, 0.3) is 5.89 Å². The molecule has 9 nitrogen and oxygen atoms in total. The van der Waals surface area contributed by atoms with E-state index in [1.807, 2.05) is 0 Å². The van der Waals surface area contributed by atoms with Crippen molar-refractivity contribution in [2.75, 3.05) is 0 Å². The van der Waals surface area contributed by atoms with Crippen LogP contribution in [0.5, 0.6) is 0 Å². The van der Waals surface area contributed by atoms with Crippen molar-refractivity contribution in [1.29, 1.82) is 0 Å². The molecule has 0 radical (unpaired) electrons. The first-order chi connectivity index (χ1) is 13.6. The maximum atomic E-state index is 13.7. The van der Waals surface area contributed by atoms with Crippen LogP contribution in [0.25, 0.3) is 17.1 Å². The van der Waals surface area contributed by atoms with Gasteiger partial charge < -0.3 is 9.26 Å². The van der Waals surface area contributed by atoms with E-state index >= 15 is 0 Å². The molecule has 140 valence electrons. The molecule has 0 spiro atoms. The van der Waals surface area contributed by atoms with E-state index in [4.69, 9.17) is 9.26 Å². The van der Waals surface area contributed by atoms with Gasteiger partial charge in [0.1, 0.15) is 12.1 Å². The third-order valence-corrected chi connectivity index (χ3v) is 3.92. The van der Waals surface area contributed by atoms with Gasteiger partial charge in [-0.3, -0.25) is 0 Å². The van der Waals surface area contributed by atoms with Crippen molar-refractivity contribution in [3.05, 3.63) is 71.6 Å². The quantitative estimate of drug-likeness (QED) is 0.486. The third kappa shape index (κ3) is 3.61. The lowest BCUT2D eigenvalue weighted by atomic mass is 10.1. The summed E-state index contributed by atoms with van der Waals surface area (Å²) >= 11 is 0. The summed E-state index contributed by atoms with van der Waals surface area (Å²) in [4.78, 5) is 16.4. The number of ether oxygens (including phenoxy) is 1. The van der Waals surface area contributed by atoms with Crippen molar-refractivity contribution in [2.45, 2.75) is 13.5 Å². The Hall–Kier alpha value is -3.95. The lowest BCUT2D eigenvalue weighted by molar-refractivity contribution is 0.0430. The van der Waals surface area contributed by atoms with Gasteiger partial charge in [0.05, 0.1) is 11.3 Å². The number of carbonyl (C=O) groups excluding carboxylic acids is 1. The predicted octanol–water partition coefficient (Wildman–Crippen LogP) is 2.52. The highest BCUT2D eigenvalue weighted by Crippen LogP contribution is 2.19. The summed E-state index contributed by atoms with van der Waals surface area (Å²) in [6.45, 7) is 1.45. The molecule has 0 aliphatic heterocycles. The van der Waals surface area contributed by atoms with E-state index in [9.17, 15) is 9.18 Å². The van der Waals surface area contributed by atoms with Gasteiger partial charge in [0.15, 0.2) is 6.61 Å². The smallest absolute Gasteiger partial charge is 0.338 e. The highest BCUT2D eigenvalue weighted by Gasteiger charge is 2.14. The molecule has 0 aliphatic rings. The molecular formula is C18H13FN6O3. The van der Waals surface area contributed by atoms with E-state index in [0.717, 1.165) is 0 Å². The molecule has 0 fully saturated rings. The number of hydrogen-bond donors (Lipinski definition) is 0. The molecule has 0 aliphatic carbocycles. The number of rotatable bonds is 5. The van der Waals surface area contributed by atoms with Crippen LogP contribution in [0.4, 0.5) is 4.39 Å². The van der Waals surface area contributed by atoms with E-state index in [2.05, 4.69) is 25.7 Å². The van der Waals surface area contributed by atoms with Crippen LogP contribution in [0, 0.1) is 12.7 Å². The number of nitrogens with zero attached hydrogens (tertiary/aromatic N) is 6. The average molecular weight is 380 g/mol. The fourth-order valence-corrected chi connectivity index (χ4v) is 2.43. The van der Waals surface area contributed by atoms with Crippen molar-refractivity contribution in [3.63, 3.8) is 0 Å². The lowest BCUT2D eigenvalue weighted by Crippen LogP contribution is -2.06. The maximum absolute atomic E-state index is 13.7. The van der Waals surface area contributed by atoms with Crippen molar-refractivity contribution < 1.29 is 18.4 Å². The van der Waals surface area contributed by atoms with E-state index in [-0.39, 0.29) is 24.1 Å². The molecule has 0 unspecified atom stereocenters. The second-order valence-corrected chi connectivity index (χ2v) is 5.86. The first-order valence-electron chi connectivity index (χ1n) is 8.20. The molecule has 2 aromatic heterocycles. The second-order valence-electron chi connectivity index (χ2n) is 5.86.